The molecular weight excluding hydrogens is 402 g/mol. The lowest BCUT2D eigenvalue weighted by Gasteiger charge is -2.56. The summed E-state index contributed by atoms with van der Waals surface area (Å²) in [5, 5.41) is 0. The minimum absolute atomic E-state index is 0.272. The summed E-state index contributed by atoms with van der Waals surface area (Å²) in [7, 11) is 1.54. The van der Waals surface area contributed by atoms with Crippen LogP contribution in [0.4, 0.5) is 5.69 Å². The lowest BCUT2D eigenvalue weighted by molar-refractivity contribution is -0.129. The van der Waals surface area contributed by atoms with Crippen molar-refractivity contribution < 1.29 is 19.1 Å². The zero-order valence-corrected chi connectivity index (χ0v) is 17.7. The predicted octanol–water partition coefficient (Wildman–Crippen LogP) is 3.62. The minimum Gasteiger partial charge on any atom is -0.497 e. The van der Waals surface area contributed by atoms with E-state index >= 15 is 0 Å². The molecule has 2 amide bonds. The molecule has 3 aromatic carbocycles. The quantitative estimate of drug-likeness (QED) is 0.477. The zero-order chi connectivity index (χ0) is 22.3. The summed E-state index contributed by atoms with van der Waals surface area (Å²) in [6, 6.07) is 22.4. The minimum atomic E-state index is -1.20. The van der Waals surface area contributed by atoms with Crippen LogP contribution in [0.25, 0.3) is 0 Å². The lowest BCUT2D eigenvalue weighted by Crippen LogP contribution is -2.61. The first-order valence-corrected chi connectivity index (χ1v) is 10.7. The van der Waals surface area contributed by atoms with Crippen molar-refractivity contribution in [3.05, 3.63) is 95.1 Å². The normalized spacial score (nSPS) is 29.4. The number of aldehydes is 1. The number of amides is 2. The van der Waals surface area contributed by atoms with Crippen molar-refractivity contribution in [2.45, 2.75) is 17.8 Å². The van der Waals surface area contributed by atoms with Crippen LogP contribution >= 0.6 is 0 Å². The van der Waals surface area contributed by atoms with Gasteiger partial charge in [-0.15, -0.1) is 0 Å². The molecule has 2 bridgehead atoms. The molecule has 7 rings (SSSR count). The lowest BCUT2D eigenvalue weighted by atomic mass is 9.42. The zero-order valence-electron chi connectivity index (χ0n) is 17.7. The van der Waals surface area contributed by atoms with Crippen LogP contribution in [0.1, 0.15) is 29.2 Å². The van der Waals surface area contributed by atoms with Gasteiger partial charge in [-0.05, 0) is 34.4 Å². The molecular formula is C27H21NO4. The number of benzene rings is 3. The summed E-state index contributed by atoms with van der Waals surface area (Å²) in [5.41, 5.74) is 2.09. The van der Waals surface area contributed by atoms with E-state index in [4.69, 9.17) is 4.74 Å². The van der Waals surface area contributed by atoms with Crippen molar-refractivity contribution >= 4 is 23.8 Å². The fourth-order valence-corrected chi connectivity index (χ4v) is 6.47. The molecule has 32 heavy (non-hydrogen) atoms. The molecule has 1 saturated heterocycles. The van der Waals surface area contributed by atoms with E-state index in [-0.39, 0.29) is 11.8 Å². The van der Waals surface area contributed by atoms with Crippen LogP contribution in [0, 0.1) is 11.8 Å². The molecule has 5 nitrogen and oxygen atoms in total. The van der Waals surface area contributed by atoms with Crippen molar-refractivity contribution in [1.29, 1.82) is 0 Å². The Labute approximate surface area is 185 Å². The Kier molecular flexibility index (Phi) is 3.66. The van der Waals surface area contributed by atoms with Gasteiger partial charge >= 0.3 is 0 Å². The van der Waals surface area contributed by atoms with E-state index in [0.29, 0.717) is 11.4 Å². The van der Waals surface area contributed by atoms with Gasteiger partial charge in [0.1, 0.15) is 12.0 Å². The number of anilines is 1. The first kappa shape index (κ1) is 19.0. The Morgan fingerprint density at radius 3 is 1.94 bits per heavy atom. The first-order chi connectivity index (χ1) is 15.5. The van der Waals surface area contributed by atoms with Gasteiger partial charge in [-0.3, -0.25) is 9.59 Å². The molecule has 0 spiro atoms. The molecule has 1 aliphatic heterocycles. The van der Waals surface area contributed by atoms with Crippen molar-refractivity contribution in [3.63, 3.8) is 0 Å². The van der Waals surface area contributed by atoms with Crippen LogP contribution in [-0.4, -0.2) is 25.2 Å². The standard InChI is InChI=1S/C27H21NO4/c1-26-18-10-3-5-12-20(18)27(15-29,21-13-6-4-11-19(21)26)23-22(26)24(30)28(25(23)31)16-8-7-9-17(14-16)32-2/h3-15,22-23H,1-2H3/t22-,23+,26?,27?/m1/s1. The highest BCUT2D eigenvalue weighted by Crippen LogP contribution is 2.66. The summed E-state index contributed by atoms with van der Waals surface area (Å²) >= 11 is 0. The van der Waals surface area contributed by atoms with Crippen molar-refractivity contribution in [3.8, 4) is 5.75 Å². The maximum absolute atomic E-state index is 14.0. The summed E-state index contributed by atoms with van der Waals surface area (Å²) in [5.74, 6) is -1.52. The Hall–Kier alpha value is -3.73. The second kappa shape index (κ2) is 6.16. The molecule has 158 valence electrons. The SMILES string of the molecule is COc1cccc(N2C(=O)[C@@H]3[C@H](C2=O)C2(C)c4ccccc4C3(C=O)c3ccccc32)c1. The molecule has 5 heteroatoms. The number of hydrogen-bond donors (Lipinski definition) is 0. The molecule has 0 N–H and O–H groups in total. The monoisotopic (exact) mass is 423 g/mol. The van der Waals surface area contributed by atoms with E-state index in [1.807, 2.05) is 55.5 Å². The second-order valence-corrected chi connectivity index (χ2v) is 8.95. The highest BCUT2D eigenvalue weighted by atomic mass is 16.5. The molecule has 0 aromatic heterocycles. The maximum atomic E-state index is 14.0. The van der Waals surface area contributed by atoms with E-state index < -0.39 is 22.7 Å². The van der Waals surface area contributed by atoms with Gasteiger partial charge in [-0.25, -0.2) is 4.90 Å². The number of rotatable bonds is 3. The Balaban J connectivity index is 1.67. The largest absolute Gasteiger partial charge is 0.497 e. The average molecular weight is 423 g/mol. The predicted molar refractivity (Wildman–Crippen MR) is 119 cm³/mol. The van der Waals surface area contributed by atoms with E-state index in [9.17, 15) is 14.4 Å². The van der Waals surface area contributed by atoms with Gasteiger partial charge in [0.05, 0.1) is 30.0 Å². The third kappa shape index (κ3) is 1.93. The topological polar surface area (TPSA) is 63.7 Å². The van der Waals surface area contributed by atoms with Crippen LogP contribution in [0.15, 0.2) is 72.8 Å². The van der Waals surface area contributed by atoms with E-state index in [1.165, 1.54) is 4.90 Å². The second-order valence-electron chi connectivity index (χ2n) is 8.95. The first-order valence-electron chi connectivity index (χ1n) is 10.7. The summed E-state index contributed by atoms with van der Waals surface area (Å²) in [6.07, 6.45) is 0.890. The molecule has 3 aliphatic carbocycles. The van der Waals surface area contributed by atoms with Crippen LogP contribution in [0.5, 0.6) is 5.75 Å². The fraction of sp³-hybridized carbons (Fsp3) is 0.222. The van der Waals surface area contributed by atoms with Gasteiger partial charge in [0, 0.05) is 11.5 Å². The number of nitrogens with zero attached hydrogens (tertiary/aromatic N) is 1. The van der Waals surface area contributed by atoms with E-state index in [2.05, 4.69) is 0 Å². The molecule has 0 saturated carbocycles. The Morgan fingerprint density at radius 2 is 1.38 bits per heavy atom. The molecule has 4 aliphatic rings. The third-order valence-electron chi connectivity index (χ3n) is 7.78. The number of imide groups is 1. The summed E-state index contributed by atoms with van der Waals surface area (Å²) in [4.78, 5) is 42.2. The average Bonchev–Trinajstić information content (AvgIpc) is 3.11. The highest BCUT2D eigenvalue weighted by Gasteiger charge is 2.72. The van der Waals surface area contributed by atoms with Crippen molar-refractivity contribution in [1.82, 2.24) is 0 Å². The van der Waals surface area contributed by atoms with Crippen molar-refractivity contribution in [2.24, 2.45) is 11.8 Å². The summed E-state index contributed by atoms with van der Waals surface area (Å²) < 4.78 is 5.31. The van der Waals surface area contributed by atoms with Crippen LogP contribution in [-0.2, 0) is 25.2 Å². The number of methoxy groups -OCH3 is 1. The Morgan fingerprint density at radius 1 is 0.812 bits per heavy atom. The number of ether oxygens (including phenoxy) is 1. The van der Waals surface area contributed by atoms with Crippen molar-refractivity contribution in [2.75, 3.05) is 12.0 Å². The number of hydrogen-bond acceptors (Lipinski definition) is 4. The van der Waals surface area contributed by atoms with E-state index in [0.717, 1.165) is 28.5 Å². The van der Waals surface area contributed by atoms with Gasteiger partial charge in [0.15, 0.2) is 0 Å². The third-order valence-corrected chi connectivity index (χ3v) is 7.78. The maximum Gasteiger partial charge on any atom is 0.239 e. The van der Waals surface area contributed by atoms with E-state index in [1.54, 1.807) is 31.4 Å². The molecule has 1 fully saturated rings. The van der Waals surface area contributed by atoms with Crippen LogP contribution in [0.2, 0.25) is 0 Å². The van der Waals surface area contributed by atoms with Crippen LogP contribution in [0.3, 0.4) is 0 Å². The number of carbonyl (C=O) groups is 3. The molecule has 3 aromatic rings. The highest BCUT2D eigenvalue weighted by molar-refractivity contribution is 6.25. The number of carbonyl (C=O) groups excluding carboxylic acids is 3. The molecule has 0 unspecified atom stereocenters. The van der Waals surface area contributed by atoms with Crippen LogP contribution < -0.4 is 9.64 Å². The van der Waals surface area contributed by atoms with Gasteiger partial charge in [0.2, 0.25) is 11.8 Å². The molecule has 2 atom stereocenters. The molecule has 1 heterocycles. The summed E-state index contributed by atoms with van der Waals surface area (Å²) in [6.45, 7) is 2.04. The fourth-order valence-electron chi connectivity index (χ4n) is 6.47. The van der Waals surface area contributed by atoms with Gasteiger partial charge in [-0.2, -0.15) is 0 Å². The molecule has 0 radical (unpaired) electrons. The van der Waals surface area contributed by atoms with Gasteiger partial charge < -0.3 is 9.53 Å². The van der Waals surface area contributed by atoms with Gasteiger partial charge in [0.25, 0.3) is 0 Å². The Bertz CT molecular complexity index is 1280. The van der Waals surface area contributed by atoms with Gasteiger partial charge in [-0.1, -0.05) is 61.5 Å². The smallest absolute Gasteiger partial charge is 0.239 e.